The van der Waals surface area contributed by atoms with Gasteiger partial charge in [-0.25, -0.2) is 13.8 Å². The summed E-state index contributed by atoms with van der Waals surface area (Å²) < 4.78 is 27.9. The van der Waals surface area contributed by atoms with Gasteiger partial charge in [0, 0.05) is 15.5 Å². The normalized spacial score (nSPS) is 10.8. The Hall–Kier alpha value is -2.21. The molecule has 0 saturated carbocycles. The zero-order valence-electron chi connectivity index (χ0n) is 10.7. The fourth-order valence-electron chi connectivity index (χ4n) is 2.00. The van der Waals surface area contributed by atoms with Crippen molar-refractivity contribution in [2.45, 2.75) is 0 Å². The van der Waals surface area contributed by atoms with Gasteiger partial charge in [-0.2, -0.15) is 0 Å². The fourth-order valence-corrected chi connectivity index (χ4v) is 2.41. The van der Waals surface area contributed by atoms with Crippen LogP contribution in [0.1, 0.15) is 0 Å². The minimum atomic E-state index is -0.693. The maximum absolute atomic E-state index is 13.8. The van der Waals surface area contributed by atoms with E-state index in [0.29, 0.717) is 21.5 Å². The number of rotatable bonds is 2. The van der Waals surface area contributed by atoms with Gasteiger partial charge in [-0.1, -0.05) is 15.9 Å². The molecule has 6 heteroatoms. The molecule has 0 fully saturated rings. The van der Waals surface area contributed by atoms with Gasteiger partial charge in [-0.05, 0) is 42.5 Å². The fraction of sp³-hybridized carbons (Fsp3) is 0. The van der Waals surface area contributed by atoms with Crippen LogP contribution in [-0.2, 0) is 0 Å². The highest BCUT2D eigenvalue weighted by atomic mass is 79.9. The van der Waals surface area contributed by atoms with Crippen molar-refractivity contribution in [3.8, 4) is 0 Å². The van der Waals surface area contributed by atoms with Gasteiger partial charge in [0.05, 0.1) is 5.52 Å². The summed E-state index contributed by atoms with van der Waals surface area (Å²) in [5, 5.41) is 3.52. The van der Waals surface area contributed by atoms with Crippen LogP contribution in [0.25, 0.3) is 10.9 Å². The number of pyridine rings is 1. The van der Waals surface area contributed by atoms with Crippen molar-refractivity contribution in [3.63, 3.8) is 0 Å². The molecule has 0 bridgehead atoms. The second-order valence-corrected chi connectivity index (χ2v) is 5.43. The standard InChI is InChI=1S/C15H10BrF2N3/c16-9-6-11(17)15(12(18)7-9)21-14-4-1-8-5-10(19)2-3-13(8)20-14/h1-7H,19H2,(H,20,21). The highest BCUT2D eigenvalue weighted by Gasteiger charge is 2.11. The molecule has 1 heterocycles. The second kappa shape index (κ2) is 5.29. The topological polar surface area (TPSA) is 50.9 Å². The van der Waals surface area contributed by atoms with Crippen molar-refractivity contribution >= 4 is 44.0 Å². The van der Waals surface area contributed by atoms with Crippen LogP contribution in [0.3, 0.4) is 0 Å². The lowest BCUT2D eigenvalue weighted by Crippen LogP contribution is -2.00. The smallest absolute Gasteiger partial charge is 0.150 e. The van der Waals surface area contributed by atoms with E-state index in [2.05, 4.69) is 26.2 Å². The van der Waals surface area contributed by atoms with Crippen LogP contribution >= 0.6 is 15.9 Å². The molecule has 0 unspecified atom stereocenters. The maximum Gasteiger partial charge on any atom is 0.150 e. The Balaban J connectivity index is 2.00. The van der Waals surface area contributed by atoms with Gasteiger partial charge in [0.25, 0.3) is 0 Å². The third kappa shape index (κ3) is 2.80. The summed E-state index contributed by atoms with van der Waals surface area (Å²) in [7, 11) is 0. The van der Waals surface area contributed by atoms with E-state index in [-0.39, 0.29) is 5.69 Å². The van der Waals surface area contributed by atoms with Gasteiger partial charge in [0.15, 0.2) is 11.6 Å². The molecule has 0 saturated heterocycles. The van der Waals surface area contributed by atoms with Gasteiger partial charge in [-0.15, -0.1) is 0 Å². The van der Waals surface area contributed by atoms with E-state index in [9.17, 15) is 8.78 Å². The summed E-state index contributed by atoms with van der Waals surface area (Å²) in [6.45, 7) is 0. The molecule has 3 aromatic rings. The summed E-state index contributed by atoms with van der Waals surface area (Å²) >= 11 is 3.04. The number of anilines is 3. The largest absolute Gasteiger partial charge is 0.399 e. The lowest BCUT2D eigenvalue weighted by molar-refractivity contribution is 0.589. The van der Waals surface area contributed by atoms with E-state index in [1.54, 1.807) is 30.3 Å². The number of nitrogens with zero attached hydrogens (tertiary/aromatic N) is 1. The zero-order chi connectivity index (χ0) is 15.0. The van der Waals surface area contributed by atoms with Crippen LogP contribution in [-0.4, -0.2) is 4.98 Å². The van der Waals surface area contributed by atoms with Crippen LogP contribution in [0.2, 0.25) is 0 Å². The Morgan fingerprint density at radius 2 is 1.71 bits per heavy atom. The Morgan fingerprint density at radius 3 is 2.43 bits per heavy atom. The number of fused-ring (bicyclic) bond motifs is 1. The third-order valence-corrected chi connectivity index (χ3v) is 3.43. The van der Waals surface area contributed by atoms with Crippen molar-refractivity contribution in [2.75, 3.05) is 11.1 Å². The predicted molar refractivity (Wildman–Crippen MR) is 83.5 cm³/mol. The van der Waals surface area contributed by atoms with Crippen LogP contribution in [0.5, 0.6) is 0 Å². The molecule has 1 aromatic heterocycles. The Kier molecular flexibility index (Phi) is 3.47. The lowest BCUT2D eigenvalue weighted by atomic mass is 10.2. The molecule has 106 valence electrons. The third-order valence-electron chi connectivity index (χ3n) is 2.97. The number of aromatic nitrogens is 1. The monoisotopic (exact) mass is 349 g/mol. The number of nitrogen functional groups attached to an aromatic ring is 1. The molecule has 2 aromatic carbocycles. The summed E-state index contributed by atoms with van der Waals surface area (Å²) in [6, 6.07) is 11.1. The van der Waals surface area contributed by atoms with E-state index in [0.717, 1.165) is 5.39 Å². The number of nitrogens with one attached hydrogen (secondary N) is 1. The number of hydrogen-bond donors (Lipinski definition) is 2. The molecule has 3 N–H and O–H groups in total. The minimum Gasteiger partial charge on any atom is -0.399 e. The summed E-state index contributed by atoms with van der Waals surface area (Å²) in [5.41, 5.74) is 6.78. The van der Waals surface area contributed by atoms with Crippen LogP contribution in [0, 0.1) is 11.6 Å². The van der Waals surface area contributed by atoms with Crippen LogP contribution in [0.4, 0.5) is 26.0 Å². The average molecular weight is 350 g/mol. The zero-order valence-corrected chi connectivity index (χ0v) is 12.3. The van der Waals surface area contributed by atoms with E-state index >= 15 is 0 Å². The number of halogens is 3. The summed E-state index contributed by atoms with van der Waals surface area (Å²) in [4.78, 5) is 4.30. The van der Waals surface area contributed by atoms with Gasteiger partial charge in [-0.3, -0.25) is 0 Å². The van der Waals surface area contributed by atoms with Gasteiger partial charge in [0.2, 0.25) is 0 Å². The van der Waals surface area contributed by atoms with Crippen molar-refractivity contribution in [2.24, 2.45) is 0 Å². The molecule has 0 aliphatic heterocycles. The number of hydrogen-bond acceptors (Lipinski definition) is 3. The molecule has 0 spiro atoms. The molecular formula is C15H10BrF2N3. The highest BCUT2D eigenvalue weighted by Crippen LogP contribution is 2.27. The van der Waals surface area contributed by atoms with Gasteiger partial charge < -0.3 is 11.1 Å². The first-order valence-electron chi connectivity index (χ1n) is 6.11. The van der Waals surface area contributed by atoms with Gasteiger partial charge >= 0.3 is 0 Å². The first-order valence-corrected chi connectivity index (χ1v) is 6.90. The molecule has 0 aliphatic carbocycles. The van der Waals surface area contributed by atoms with Crippen molar-refractivity contribution in [1.29, 1.82) is 0 Å². The highest BCUT2D eigenvalue weighted by molar-refractivity contribution is 9.10. The van der Waals surface area contributed by atoms with Gasteiger partial charge in [0.1, 0.15) is 11.5 Å². The van der Waals surface area contributed by atoms with Crippen molar-refractivity contribution in [3.05, 3.63) is 58.6 Å². The summed E-state index contributed by atoms with van der Waals surface area (Å²) in [5.74, 6) is -1.03. The lowest BCUT2D eigenvalue weighted by Gasteiger charge is -2.09. The average Bonchev–Trinajstić information content (AvgIpc) is 2.43. The Labute approximate surface area is 127 Å². The second-order valence-electron chi connectivity index (χ2n) is 4.52. The van der Waals surface area contributed by atoms with Crippen molar-refractivity contribution < 1.29 is 8.78 Å². The molecule has 3 rings (SSSR count). The SMILES string of the molecule is Nc1ccc2nc(Nc3c(F)cc(Br)cc3F)ccc2c1. The molecule has 0 atom stereocenters. The van der Waals surface area contributed by atoms with Crippen molar-refractivity contribution in [1.82, 2.24) is 4.98 Å². The maximum atomic E-state index is 13.8. The first-order chi connectivity index (χ1) is 10.0. The molecule has 3 nitrogen and oxygen atoms in total. The molecule has 0 amide bonds. The van der Waals surface area contributed by atoms with E-state index in [4.69, 9.17) is 5.73 Å². The molecule has 0 aliphatic rings. The van der Waals surface area contributed by atoms with E-state index < -0.39 is 11.6 Å². The number of benzene rings is 2. The quantitative estimate of drug-likeness (QED) is 0.664. The van der Waals surface area contributed by atoms with Crippen LogP contribution < -0.4 is 11.1 Å². The first kappa shape index (κ1) is 13.8. The Bertz CT molecular complexity index is 813. The summed E-state index contributed by atoms with van der Waals surface area (Å²) in [6.07, 6.45) is 0. The molecule has 21 heavy (non-hydrogen) atoms. The predicted octanol–water partition coefficient (Wildman–Crippen LogP) is 4.60. The molecule has 0 radical (unpaired) electrons. The van der Waals surface area contributed by atoms with E-state index in [1.807, 2.05) is 0 Å². The molecular weight excluding hydrogens is 340 g/mol. The van der Waals surface area contributed by atoms with E-state index in [1.165, 1.54) is 12.1 Å². The number of nitrogens with two attached hydrogens (primary N) is 1. The minimum absolute atomic E-state index is 0.236. The van der Waals surface area contributed by atoms with Crippen LogP contribution in [0.15, 0.2) is 46.9 Å². The Morgan fingerprint density at radius 1 is 1.00 bits per heavy atom.